The van der Waals surface area contributed by atoms with Gasteiger partial charge in [0, 0.05) is 24.0 Å². The van der Waals surface area contributed by atoms with Crippen molar-refractivity contribution in [2.75, 3.05) is 13.1 Å². The van der Waals surface area contributed by atoms with E-state index in [0.29, 0.717) is 6.54 Å². The number of benzene rings is 1. The smallest absolute Gasteiger partial charge is 0.234 e. The van der Waals surface area contributed by atoms with Gasteiger partial charge in [0.15, 0.2) is 0 Å². The molecule has 104 valence electrons. The Bertz CT molecular complexity index is 577. The van der Waals surface area contributed by atoms with Gasteiger partial charge >= 0.3 is 0 Å². The van der Waals surface area contributed by atoms with Crippen LogP contribution in [-0.4, -0.2) is 29.9 Å². The molecule has 20 heavy (non-hydrogen) atoms. The molecule has 0 saturated carbocycles. The molecule has 1 atom stereocenters. The maximum absolute atomic E-state index is 11.5. The van der Waals surface area contributed by atoms with Gasteiger partial charge in [-0.15, -0.1) is 11.3 Å². The molecule has 1 aromatic heterocycles. The van der Waals surface area contributed by atoms with Gasteiger partial charge < -0.3 is 5.32 Å². The van der Waals surface area contributed by atoms with Crippen LogP contribution in [0.15, 0.2) is 41.8 Å². The standard InChI is InChI=1S/C16H18N2OS/c1-12-9-18(11-16(19)17-12)10-13-4-6-14(7-5-13)15-3-2-8-20-15/h2-8,12H,9-11H2,1H3,(H,17,19). The van der Waals surface area contributed by atoms with E-state index in [4.69, 9.17) is 0 Å². The second kappa shape index (κ2) is 5.77. The fraction of sp³-hybridized carbons (Fsp3) is 0.312. The van der Waals surface area contributed by atoms with Crippen LogP contribution >= 0.6 is 11.3 Å². The molecule has 3 rings (SSSR count). The molecular formula is C16H18N2OS. The summed E-state index contributed by atoms with van der Waals surface area (Å²) in [4.78, 5) is 15.0. The van der Waals surface area contributed by atoms with Crippen LogP contribution in [0.25, 0.3) is 10.4 Å². The highest BCUT2D eigenvalue weighted by molar-refractivity contribution is 7.13. The van der Waals surface area contributed by atoms with Crippen LogP contribution in [0.2, 0.25) is 0 Å². The highest BCUT2D eigenvalue weighted by Crippen LogP contribution is 2.25. The van der Waals surface area contributed by atoms with Crippen LogP contribution in [0.4, 0.5) is 0 Å². The summed E-state index contributed by atoms with van der Waals surface area (Å²) in [6, 6.07) is 13.1. The van der Waals surface area contributed by atoms with Crippen molar-refractivity contribution in [1.82, 2.24) is 10.2 Å². The van der Waals surface area contributed by atoms with Gasteiger partial charge in [0.25, 0.3) is 0 Å². The van der Waals surface area contributed by atoms with E-state index in [1.165, 1.54) is 16.0 Å². The Balaban J connectivity index is 1.67. The molecule has 1 saturated heterocycles. The van der Waals surface area contributed by atoms with E-state index < -0.39 is 0 Å². The molecule has 1 fully saturated rings. The van der Waals surface area contributed by atoms with Gasteiger partial charge in [-0.25, -0.2) is 0 Å². The number of hydrogen-bond acceptors (Lipinski definition) is 3. The number of carbonyl (C=O) groups excluding carboxylic acids is 1. The molecule has 0 bridgehead atoms. The zero-order valence-electron chi connectivity index (χ0n) is 11.5. The minimum Gasteiger partial charge on any atom is -0.351 e. The molecule has 2 aromatic rings. The van der Waals surface area contributed by atoms with Crippen molar-refractivity contribution < 1.29 is 4.79 Å². The molecule has 0 spiro atoms. The zero-order valence-corrected chi connectivity index (χ0v) is 12.3. The molecule has 1 aromatic carbocycles. The second-order valence-electron chi connectivity index (χ2n) is 5.31. The molecule has 3 nitrogen and oxygen atoms in total. The summed E-state index contributed by atoms with van der Waals surface area (Å²) < 4.78 is 0. The topological polar surface area (TPSA) is 32.3 Å². The minimum atomic E-state index is 0.124. The van der Waals surface area contributed by atoms with Crippen molar-refractivity contribution in [2.45, 2.75) is 19.5 Å². The summed E-state index contributed by atoms with van der Waals surface area (Å²) in [5.74, 6) is 0.124. The summed E-state index contributed by atoms with van der Waals surface area (Å²) in [5, 5.41) is 5.04. The van der Waals surface area contributed by atoms with Crippen LogP contribution in [0.3, 0.4) is 0 Å². The molecular weight excluding hydrogens is 268 g/mol. The Morgan fingerprint density at radius 2 is 2.10 bits per heavy atom. The third-order valence-electron chi connectivity index (χ3n) is 3.47. The minimum absolute atomic E-state index is 0.124. The number of nitrogens with zero attached hydrogens (tertiary/aromatic N) is 1. The van der Waals surface area contributed by atoms with Gasteiger partial charge in [-0.2, -0.15) is 0 Å². The summed E-state index contributed by atoms with van der Waals surface area (Å²) in [6.45, 7) is 4.29. The molecule has 1 aliphatic heterocycles. The van der Waals surface area contributed by atoms with Crippen LogP contribution in [-0.2, 0) is 11.3 Å². The van der Waals surface area contributed by atoms with Gasteiger partial charge in [0.05, 0.1) is 6.54 Å². The van der Waals surface area contributed by atoms with E-state index in [0.717, 1.165) is 13.1 Å². The van der Waals surface area contributed by atoms with Gasteiger partial charge in [-0.3, -0.25) is 9.69 Å². The first-order valence-corrected chi connectivity index (χ1v) is 7.73. The largest absolute Gasteiger partial charge is 0.351 e. The third kappa shape index (κ3) is 3.08. The summed E-state index contributed by atoms with van der Waals surface area (Å²) in [7, 11) is 0. The summed E-state index contributed by atoms with van der Waals surface area (Å²) in [6.07, 6.45) is 0. The number of hydrogen-bond donors (Lipinski definition) is 1. The lowest BCUT2D eigenvalue weighted by Gasteiger charge is -2.31. The van der Waals surface area contributed by atoms with E-state index in [1.54, 1.807) is 11.3 Å². The van der Waals surface area contributed by atoms with E-state index in [9.17, 15) is 4.79 Å². The lowest BCUT2D eigenvalue weighted by atomic mass is 10.1. The number of nitrogens with one attached hydrogen (secondary N) is 1. The number of thiophene rings is 1. The molecule has 0 aliphatic carbocycles. The average molecular weight is 286 g/mol. The Morgan fingerprint density at radius 1 is 1.30 bits per heavy atom. The zero-order chi connectivity index (χ0) is 13.9. The fourth-order valence-corrected chi connectivity index (χ4v) is 3.35. The predicted molar refractivity (Wildman–Crippen MR) is 82.6 cm³/mol. The van der Waals surface area contributed by atoms with Crippen LogP contribution in [0, 0.1) is 0 Å². The van der Waals surface area contributed by atoms with Crippen molar-refractivity contribution in [2.24, 2.45) is 0 Å². The first-order valence-electron chi connectivity index (χ1n) is 6.85. The number of carbonyl (C=O) groups is 1. The maximum Gasteiger partial charge on any atom is 0.234 e. The molecule has 1 unspecified atom stereocenters. The van der Waals surface area contributed by atoms with Gasteiger partial charge in [0.1, 0.15) is 0 Å². The van der Waals surface area contributed by atoms with E-state index in [1.807, 2.05) is 6.92 Å². The Hall–Kier alpha value is -1.65. The number of piperazine rings is 1. The van der Waals surface area contributed by atoms with Crippen LogP contribution in [0.5, 0.6) is 0 Å². The van der Waals surface area contributed by atoms with Crippen molar-refractivity contribution in [1.29, 1.82) is 0 Å². The third-order valence-corrected chi connectivity index (χ3v) is 4.39. The normalized spacial score (nSPS) is 19.9. The van der Waals surface area contributed by atoms with Crippen molar-refractivity contribution in [3.63, 3.8) is 0 Å². The first-order chi connectivity index (χ1) is 9.70. The highest BCUT2D eigenvalue weighted by atomic mass is 32.1. The number of rotatable bonds is 3. The molecule has 1 aliphatic rings. The number of amides is 1. The Kier molecular flexibility index (Phi) is 3.85. The SMILES string of the molecule is CC1CN(Cc2ccc(-c3cccs3)cc2)CC(=O)N1. The van der Waals surface area contributed by atoms with Crippen molar-refractivity contribution in [3.05, 3.63) is 47.3 Å². The monoisotopic (exact) mass is 286 g/mol. The second-order valence-corrected chi connectivity index (χ2v) is 6.26. The lowest BCUT2D eigenvalue weighted by Crippen LogP contribution is -2.52. The summed E-state index contributed by atoms with van der Waals surface area (Å²) in [5.41, 5.74) is 2.51. The molecule has 2 heterocycles. The Labute approximate surface area is 123 Å². The van der Waals surface area contributed by atoms with Gasteiger partial charge in [-0.05, 0) is 29.5 Å². The van der Waals surface area contributed by atoms with E-state index in [-0.39, 0.29) is 11.9 Å². The van der Waals surface area contributed by atoms with Gasteiger partial charge in [-0.1, -0.05) is 30.3 Å². The predicted octanol–water partition coefficient (Wildman–Crippen LogP) is 2.74. The van der Waals surface area contributed by atoms with E-state index in [2.05, 4.69) is 52.0 Å². The first kappa shape index (κ1) is 13.3. The quantitative estimate of drug-likeness (QED) is 0.941. The summed E-state index contributed by atoms with van der Waals surface area (Å²) >= 11 is 1.75. The molecule has 1 N–H and O–H groups in total. The fourth-order valence-electron chi connectivity index (χ4n) is 2.62. The van der Waals surface area contributed by atoms with Crippen molar-refractivity contribution >= 4 is 17.2 Å². The molecule has 4 heteroatoms. The Morgan fingerprint density at radius 3 is 2.75 bits per heavy atom. The maximum atomic E-state index is 11.5. The lowest BCUT2D eigenvalue weighted by molar-refractivity contribution is -0.125. The van der Waals surface area contributed by atoms with E-state index >= 15 is 0 Å². The molecule has 1 amide bonds. The molecule has 0 radical (unpaired) electrons. The van der Waals surface area contributed by atoms with Crippen molar-refractivity contribution in [3.8, 4) is 10.4 Å². The van der Waals surface area contributed by atoms with Crippen LogP contribution in [0.1, 0.15) is 12.5 Å². The average Bonchev–Trinajstić information content (AvgIpc) is 2.92. The van der Waals surface area contributed by atoms with Gasteiger partial charge in [0.2, 0.25) is 5.91 Å². The van der Waals surface area contributed by atoms with Crippen LogP contribution < -0.4 is 5.32 Å². The highest BCUT2D eigenvalue weighted by Gasteiger charge is 2.21.